The minimum absolute atomic E-state index is 0.00259. The summed E-state index contributed by atoms with van der Waals surface area (Å²) in [4.78, 5) is 17.8. The van der Waals surface area contributed by atoms with Crippen molar-refractivity contribution in [2.45, 2.75) is 19.8 Å². The standard InChI is InChI=1S/C11H16IN3O/c1-7(2)9-5-8(11(16)15(3)4)6-10(13-9)14-12/h5-7H,1-4H3,(H,13,14). The number of hydrogen-bond acceptors (Lipinski definition) is 3. The van der Waals surface area contributed by atoms with Gasteiger partial charge in [-0.15, -0.1) is 0 Å². The van der Waals surface area contributed by atoms with Crippen molar-refractivity contribution in [1.82, 2.24) is 9.88 Å². The molecule has 0 radical (unpaired) electrons. The average Bonchev–Trinajstić information content (AvgIpc) is 2.27. The van der Waals surface area contributed by atoms with Crippen molar-refractivity contribution >= 4 is 34.6 Å². The van der Waals surface area contributed by atoms with Crippen molar-refractivity contribution in [3.05, 3.63) is 23.4 Å². The van der Waals surface area contributed by atoms with E-state index in [1.807, 2.05) is 28.9 Å². The molecule has 0 unspecified atom stereocenters. The number of nitrogens with zero attached hydrogens (tertiary/aromatic N) is 2. The maximum atomic E-state index is 11.9. The van der Waals surface area contributed by atoms with Crippen LogP contribution in [0.15, 0.2) is 12.1 Å². The number of anilines is 1. The van der Waals surface area contributed by atoms with Crippen LogP contribution < -0.4 is 3.53 Å². The van der Waals surface area contributed by atoms with Gasteiger partial charge in [-0.3, -0.25) is 4.79 Å². The first kappa shape index (κ1) is 13.2. The van der Waals surface area contributed by atoms with Crippen LogP contribution in [0.5, 0.6) is 0 Å². The van der Waals surface area contributed by atoms with E-state index in [1.165, 1.54) is 0 Å². The molecule has 0 atom stereocenters. The monoisotopic (exact) mass is 333 g/mol. The van der Waals surface area contributed by atoms with E-state index in [0.717, 1.165) is 11.5 Å². The Labute approximate surface area is 110 Å². The molecule has 0 aromatic carbocycles. The van der Waals surface area contributed by atoms with Crippen LogP contribution in [-0.4, -0.2) is 29.9 Å². The van der Waals surface area contributed by atoms with Crippen LogP contribution in [0.2, 0.25) is 0 Å². The zero-order valence-corrected chi connectivity index (χ0v) is 12.1. The summed E-state index contributed by atoms with van der Waals surface area (Å²) in [6.07, 6.45) is 0. The van der Waals surface area contributed by atoms with Gasteiger partial charge in [0.1, 0.15) is 5.82 Å². The molecule has 0 fully saturated rings. The Morgan fingerprint density at radius 2 is 2.06 bits per heavy atom. The molecular weight excluding hydrogens is 317 g/mol. The Bertz CT molecular complexity index is 391. The second kappa shape index (κ2) is 5.47. The van der Waals surface area contributed by atoms with Gasteiger partial charge in [0.15, 0.2) is 0 Å². The number of halogens is 1. The second-order valence-electron chi connectivity index (χ2n) is 4.11. The van der Waals surface area contributed by atoms with Gasteiger partial charge in [0.05, 0.1) is 22.9 Å². The molecule has 1 amide bonds. The van der Waals surface area contributed by atoms with Crippen molar-refractivity contribution < 1.29 is 4.79 Å². The van der Waals surface area contributed by atoms with Gasteiger partial charge in [-0.2, -0.15) is 0 Å². The zero-order chi connectivity index (χ0) is 12.3. The first-order valence-electron chi connectivity index (χ1n) is 5.06. The number of nitrogens with one attached hydrogen (secondary N) is 1. The molecule has 1 rings (SSSR count). The van der Waals surface area contributed by atoms with E-state index in [0.29, 0.717) is 11.5 Å². The molecule has 0 saturated carbocycles. The second-order valence-corrected chi connectivity index (χ2v) is 4.65. The lowest BCUT2D eigenvalue weighted by molar-refractivity contribution is 0.0827. The fourth-order valence-corrected chi connectivity index (χ4v) is 1.55. The molecule has 1 heterocycles. The average molecular weight is 333 g/mol. The summed E-state index contributed by atoms with van der Waals surface area (Å²) >= 11 is 2.01. The van der Waals surface area contributed by atoms with Crippen LogP contribution in [0.4, 0.5) is 5.82 Å². The molecule has 0 aliphatic heterocycles. The molecule has 0 spiro atoms. The van der Waals surface area contributed by atoms with Gasteiger partial charge in [0.25, 0.3) is 5.91 Å². The van der Waals surface area contributed by atoms with E-state index >= 15 is 0 Å². The van der Waals surface area contributed by atoms with Crippen molar-refractivity contribution in [1.29, 1.82) is 0 Å². The van der Waals surface area contributed by atoms with Gasteiger partial charge in [-0.25, -0.2) is 4.98 Å². The molecule has 0 bridgehead atoms. The summed E-state index contributed by atoms with van der Waals surface area (Å²) < 4.78 is 2.94. The fourth-order valence-electron chi connectivity index (χ4n) is 1.28. The third kappa shape index (κ3) is 3.07. The third-order valence-electron chi connectivity index (χ3n) is 2.19. The quantitative estimate of drug-likeness (QED) is 0.683. The van der Waals surface area contributed by atoms with Gasteiger partial charge in [-0.05, 0) is 18.1 Å². The van der Waals surface area contributed by atoms with Crippen LogP contribution >= 0.6 is 22.9 Å². The van der Waals surface area contributed by atoms with Crippen molar-refractivity contribution in [3.63, 3.8) is 0 Å². The first-order chi connectivity index (χ1) is 7.45. The Hall–Kier alpha value is -0.850. The van der Waals surface area contributed by atoms with E-state index in [2.05, 4.69) is 22.4 Å². The number of amides is 1. The van der Waals surface area contributed by atoms with E-state index < -0.39 is 0 Å². The van der Waals surface area contributed by atoms with E-state index in [9.17, 15) is 4.79 Å². The Balaban J connectivity index is 3.19. The Kier molecular flexibility index (Phi) is 4.52. The fraction of sp³-hybridized carbons (Fsp3) is 0.455. The number of rotatable bonds is 3. The SMILES string of the molecule is CC(C)c1cc(C(=O)N(C)C)cc(NI)n1. The summed E-state index contributed by atoms with van der Waals surface area (Å²) in [5, 5.41) is 0. The summed E-state index contributed by atoms with van der Waals surface area (Å²) in [6, 6.07) is 3.62. The predicted molar refractivity (Wildman–Crippen MR) is 74.0 cm³/mol. The molecule has 16 heavy (non-hydrogen) atoms. The maximum absolute atomic E-state index is 11.9. The minimum atomic E-state index is -0.00259. The highest BCUT2D eigenvalue weighted by atomic mass is 127. The van der Waals surface area contributed by atoms with Crippen molar-refractivity contribution in [2.75, 3.05) is 17.6 Å². The molecule has 5 heteroatoms. The number of carbonyl (C=O) groups is 1. The number of hydrogen-bond donors (Lipinski definition) is 1. The van der Waals surface area contributed by atoms with E-state index in [-0.39, 0.29) is 5.91 Å². The number of pyridine rings is 1. The lowest BCUT2D eigenvalue weighted by atomic mass is 10.1. The highest BCUT2D eigenvalue weighted by Gasteiger charge is 2.12. The van der Waals surface area contributed by atoms with Gasteiger partial charge >= 0.3 is 0 Å². The molecule has 1 aromatic rings. The van der Waals surface area contributed by atoms with Gasteiger partial charge < -0.3 is 8.43 Å². The number of carbonyl (C=O) groups excluding carboxylic acids is 1. The summed E-state index contributed by atoms with van der Waals surface area (Å²) in [5.41, 5.74) is 1.59. The zero-order valence-electron chi connectivity index (χ0n) is 9.91. The predicted octanol–water partition coefficient (Wildman–Crippen LogP) is 2.67. The van der Waals surface area contributed by atoms with Gasteiger partial charge in [0, 0.05) is 25.4 Å². The topological polar surface area (TPSA) is 45.2 Å². The molecule has 1 N–H and O–H groups in total. The third-order valence-corrected chi connectivity index (χ3v) is 2.74. The summed E-state index contributed by atoms with van der Waals surface area (Å²) in [5.74, 6) is 1.02. The normalized spacial score (nSPS) is 10.4. The highest BCUT2D eigenvalue weighted by molar-refractivity contribution is 14.1. The first-order valence-corrected chi connectivity index (χ1v) is 6.14. The largest absolute Gasteiger partial charge is 0.345 e. The van der Waals surface area contributed by atoms with Crippen LogP contribution in [-0.2, 0) is 0 Å². The van der Waals surface area contributed by atoms with Crippen molar-refractivity contribution in [2.24, 2.45) is 0 Å². The lowest BCUT2D eigenvalue weighted by Gasteiger charge is -2.13. The van der Waals surface area contributed by atoms with E-state index in [1.54, 1.807) is 25.1 Å². The van der Waals surface area contributed by atoms with Gasteiger partial charge in [0.2, 0.25) is 0 Å². The molecule has 4 nitrogen and oxygen atoms in total. The molecule has 0 saturated heterocycles. The van der Waals surface area contributed by atoms with Crippen LogP contribution in [0.3, 0.4) is 0 Å². The van der Waals surface area contributed by atoms with E-state index in [4.69, 9.17) is 0 Å². The molecule has 0 aliphatic carbocycles. The number of aromatic nitrogens is 1. The van der Waals surface area contributed by atoms with Crippen LogP contribution in [0, 0.1) is 0 Å². The molecule has 0 aliphatic rings. The Morgan fingerprint density at radius 1 is 1.44 bits per heavy atom. The Morgan fingerprint density at radius 3 is 2.50 bits per heavy atom. The van der Waals surface area contributed by atoms with Crippen molar-refractivity contribution in [3.8, 4) is 0 Å². The smallest absolute Gasteiger partial charge is 0.253 e. The summed E-state index contributed by atoms with van der Waals surface area (Å²) in [6.45, 7) is 4.12. The molecular formula is C11H16IN3O. The van der Waals surface area contributed by atoms with Crippen LogP contribution in [0.1, 0.15) is 35.8 Å². The maximum Gasteiger partial charge on any atom is 0.253 e. The van der Waals surface area contributed by atoms with Gasteiger partial charge in [-0.1, -0.05) is 13.8 Å². The minimum Gasteiger partial charge on any atom is -0.345 e. The lowest BCUT2D eigenvalue weighted by Crippen LogP contribution is -2.22. The molecule has 88 valence electrons. The van der Waals surface area contributed by atoms with Crippen LogP contribution in [0.25, 0.3) is 0 Å². The molecule has 1 aromatic heterocycles. The summed E-state index contributed by atoms with van der Waals surface area (Å²) in [7, 11) is 3.49. The highest BCUT2D eigenvalue weighted by Crippen LogP contribution is 2.19.